The number of nitrogens with zero attached hydrogens (tertiary/aromatic N) is 2. The highest BCUT2D eigenvalue weighted by Gasteiger charge is 2.37. The lowest BCUT2D eigenvalue weighted by Crippen LogP contribution is -2.31. The quantitative estimate of drug-likeness (QED) is 0.778. The van der Waals surface area contributed by atoms with E-state index in [1.54, 1.807) is 29.2 Å². The van der Waals surface area contributed by atoms with Gasteiger partial charge in [0.2, 0.25) is 0 Å². The molecule has 1 fully saturated rings. The average molecular weight is 340 g/mol. The van der Waals surface area contributed by atoms with Crippen molar-refractivity contribution in [2.24, 2.45) is 0 Å². The number of rotatable bonds is 2. The molecule has 4 rings (SSSR count). The Balaban J connectivity index is 1.67. The first kappa shape index (κ1) is 15.8. The number of likely N-dealkylation sites (tertiary alicyclic amines) is 1. The van der Waals surface area contributed by atoms with Crippen LogP contribution < -0.4 is 0 Å². The molecule has 0 bridgehead atoms. The number of β-amino-alcohol motifs (C(OH)–C–C–N with tert-alkyl or cyclic N) is 1. The van der Waals surface area contributed by atoms with Gasteiger partial charge in [-0.15, -0.1) is 0 Å². The highest BCUT2D eigenvalue weighted by molar-refractivity contribution is 5.95. The average Bonchev–Trinajstić information content (AvgIpc) is 3.18. The van der Waals surface area contributed by atoms with Crippen LogP contribution in [-0.4, -0.2) is 33.5 Å². The molecule has 25 heavy (non-hydrogen) atoms. The van der Waals surface area contributed by atoms with Crippen LogP contribution in [0.1, 0.15) is 34.3 Å². The molecule has 0 saturated carbocycles. The molecule has 1 aromatic carbocycles. The van der Waals surface area contributed by atoms with E-state index in [-0.39, 0.29) is 30.1 Å². The van der Waals surface area contributed by atoms with Gasteiger partial charge in [0.25, 0.3) is 5.91 Å². The SMILES string of the molecule is Cc1ccc2oc(C(=O)N3C[C@H](O)C[C@@H]3c3ccc(F)cc3)cc2n1. The second kappa shape index (κ2) is 5.97. The molecule has 2 atom stereocenters. The van der Waals surface area contributed by atoms with E-state index >= 15 is 0 Å². The summed E-state index contributed by atoms with van der Waals surface area (Å²) < 4.78 is 18.8. The van der Waals surface area contributed by atoms with Crippen LogP contribution >= 0.6 is 0 Å². The van der Waals surface area contributed by atoms with Gasteiger partial charge in [0.1, 0.15) is 11.3 Å². The fourth-order valence-corrected chi connectivity index (χ4v) is 3.31. The zero-order valence-electron chi connectivity index (χ0n) is 13.6. The lowest BCUT2D eigenvalue weighted by atomic mass is 10.0. The van der Waals surface area contributed by atoms with Crippen LogP contribution in [0.5, 0.6) is 0 Å². The molecule has 1 aliphatic heterocycles. The van der Waals surface area contributed by atoms with Gasteiger partial charge in [-0.2, -0.15) is 0 Å². The van der Waals surface area contributed by atoms with E-state index in [9.17, 15) is 14.3 Å². The van der Waals surface area contributed by atoms with E-state index in [1.165, 1.54) is 12.1 Å². The van der Waals surface area contributed by atoms with Crippen molar-refractivity contribution in [3.63, 3.8) is 0 Å². The Hall–Kier alpha value is -2.73. The highest BCUT2D eigenvalue weighted by atomic mass is 19.1. The number of aliphatic hydroxyl groups excluding tert-OH is 1. The highest BCUT2D eigenvalue weighted by Crippen LogP contribution is 2.34. The molecule has 5 nitrogen and oxygen atoms in total. The van der Waals surface area contributed by atoms with Gasteiger partial charge in [0, 0.05) is 18.3 Å². The Kier molecular flexibility index (Phi) is 3.77. The summed E-state index contributed by atoms with van der Waals surface area (Å²) in [7, 11) is 0. The van der Waals surface area contributed by atoms with Crippen LogP contribution in [0.3, 0.4) is 0 Å². The number of aliphatic hydroxyl groups is 1. The Morgan fingerprint density at radius 1 is 1.28 bits per heavy atom. The summed E-state index contributed by atoms with van der Waals surface area (Å²) in [5, 5.41) is 10.0. The van der Waals surface area contributed by atoms with Crippen molar-refractivity contribution in [1.82, 2.24) is 9.88 Å². The zero-order chi connectivity index (χ0) is 17.6. The summed E-state index contributed by atoms with van der Waals surface area (Å²) in [6, 6.07) is 10.9. The molecular weight excluding hydrogens is 323 g/mol. The maximum atomic E-state index is 13.2. The van der Waals surface area contributed by atoms with Gasteiger partial charge in [-0.25, -0.2) is 9.37 Å². The van der Waals surface area contributed by atoms with Gasteiger partial charge in [-0.3, -0.25) is 4.79 Å². The third-order valence-electron chi connectivity index (χ3n) is 4.52. The molecule has 0 spiro atoms. The molecule has 128 valence electrons. The van der Waals surface area contributed by atoms with Crippen LogP contribution in [-0.2, 0) is 0 Å². The van der Waals surface area contributed by atoms with E-state index in [2.05, 4.69) is 4.98 Å². The number of carbonyl (C=O) groups is 1. The van der Waals surface area contributed by atoms with Crippen LogP contribution in [0.25, 0.3) is 11.1 Å². The Bertz CT molecular complexity index is 935. The van der Waals surface area contributed by atoms with Crippen molar-refractivity contribution in [1.29, 1.82) is 0 Å². The Morgan fingerprint density at radius 3 is 2.80 bits per heavy atom. The van der Waals surface area contributed by atoms with Crippen molar-refractivity contribution in [3.8, 4) is 0 Å². The number of aromatic nitrogens is 1. The van der Waals surface area contributed by atoms with Gasteiger partial charge in [-0.1, -0.05) is 12.1 Å². The normalized spacial score (nSPS) is 20.4. The maximum Gasteiger partial charge on any atom is 0.290 e. The molecule has 3 aromatic rings. The van der Waals surface area contributed by atoms with E-state index in [1.807, 2.05) is 13.0 Å². The van der Waals surface area contributed by atoms with Gasteiger partial charge >= 0.3 is 0 Å². The van der Waals surface area contributed by atoms with E-state index in [0.29, 0.717) is 17.5 Å². The molecule has 3 heterocycles. The van der Waals surface area contributed by atoms with Crippen LogP contribution in [0.2, 0.25) is 0 Å². The fourth-order valence-electron chi connectivity index (χ4n) is 3.31. The van der Waals surface area contributed by atoms with Crippen molar-refractivity contribution in [3.05, 3.63) is 65.3 Å². The summed E-state index contributed by atoms with van der Waals surface area (Å²) >= 11 is 0. The first-order valence-corrected chi connectivity index (χ1v) is 8.13. The van der Waals surface area contributed by atoms with Crippen molar-refractivity contribution in [2.45, 2.75) is 25.5 Å². The molecule has 1 N–H and O–H groups in total. The van der Waals surface area contributed by atoms with Crippen molar-refractivity contribution < 1.29 is 18.7 Å². The van der Waals surface area contributed by atoms with Crippen molar-refractivity contribution >= 4 is 17.0 Å². The lowest BCUT2D eigenvalue weighted by Gasteiger charge is -2.23. The number of hydrogen-bond donors (Lipinski definition) is 1. The first-order chi connectivity index (χ1) is 12.0. The second-order valence-corrected chi connectivity index (χ2v) is 6.36. The Labute approximate surface area is 143 Å². The number of benzene rings is 1. The molecule has 0 radical (unpaired) electrons. The monoisotopic (exact) mass is 340 g/mol. The summed E-state index contributed by atoms with van der Waals surface area (Å²) in [4.78, 5) is 18.8. The third kappa shape index (κ3) is 2.89. The van der Waals surface area contributed by atoms with Gasteiger partial charge in [-0.05, 0) is 43.2 Å². The largest absolute Gasteiger partial charge is 0.449 e. The molecule has 1 amide bonds. The minimum absolute atomic E-state index is 0.189. The Morgan fingerprint density at radius 2 is 2.04 bits per heavy atom. The molecule has 1 saturated heterocycles. The number of fused-ring (bicyclic) bond motifs is 1. The standard InChI is InChI=1S/C19H17FN2O3/c1-11-2-7-17-15(21-11)9-18(25-17)19(24)22-10-14(23)8-16(22)12-3-5-13(20)6-4-12/h2-7,9,14,16,23H,8,10H2,1H3/t14-,16-/m1/s1. The van der Waals surface area contributed by atoms with Gasteiger partial charge < -0.3 is 14.4 Å². The van der Waals surface area contributed by atoms with E-state index in [4.69, 9.17) is 4.42 Å². The summed E-state index contributed by atoms with van der Waals surface area (Å²) in [6.07, 6.45) is -0.210. The van der Waals surface area contributed by atoms with Crippen LogP contribution in [0.15, 0.2) is 46.9 Å². The summed E-state index contributed by atoms with van der Waals surface area (Å²) in [6.45, 7) is 2.08. The summed E-state index contributed by atoms with van der Waals surface area (Å²) in [5.74, 6) is -0.449. The minimum Gasteiger partial charge on any atom is -0.449 e. The molecule has 2 aromatic heterocycles. The van der Waals surface area contributed by atoms with E-state index in [0.717, 1.165) is 11.3 Å². The van der Waals surface area contributed by atoms with Gasteiger partial charge in [0.15, 0.2) is 11.3 Å². The number of halogens is 1. The summed E-state index contributed by atoms with van der Waals surface area (Å²) in [5.41, 5.74) is 2.80. The minimum atomic E-state index is -0.622. The molecule has 0 unspecified atom stereocenters. The number of aryl methyl sites for hydroxylation is 1. The predicted molar refractivity (Wildman–Crippen MR) is 89.5 cm³/mol. The topological polar surface area (TPSA) is 66.6 Å². The van der Waals surface area contributed by atoms with E-state index < -0.39 is 6.10 Å². The lowest BCUT2D eigenvalue weighted by molar-refractivity contribution is 0.0686. The smallest absolute Gasteiger partial charge is 0.290 e. The number of pyridine rings is 1. The van der Waals surface area contributed by atoms with Crippen LogP contribution in [0.4, 0.5) is 4.39 Å². The van der Waals surface area contributed by atoms with Crippen molar-refractivity contribution in [2.75, 3.05) is 6.54 Å². The number of furan rings is 1. The number of hydrogen-bond acceptors (Lipinski definition) is 4. The number of carbonyl (C=O) groups excluding carboxylic acids is 1. The molecule has 6 heteroatoms. The fraction of sp³-hybridized carbons (Fsp3) is 0.263. The zero-order valence-corrected chi connectivity index (χ0v) is 13.6. The van der Waals surface area contributed by atoms with Gasteiger partial charge in [0.05, 0.1) is 12.1 Å². The molecule has 1 aliphatic rings. The molecular formula is C19H17FN2O3. The van der Waals surface area contributed by atoms with Crippen LogP contribution in [0, 0.1) is 12.7 Å². The first-order valence-electron chi connectivity index (χ1n) is 8.13. The number of amides is 1. The maximum absolute atomic E-state index is 13.2. The third-order valence-corrected chi connectivity index (χ3v) is 4.52. The predicted octanol–water partition coefficient (Wildman–Crippen LogP) is 3.22. The molecule has 0 aliphatic carbocycles. The second-order valence-electron chi connectivity index (χ2n) is 6.36.